The van der Waals surface area contributed by atoms with Crippen molar-refractivity contribution in [1.29, 1.82) is 0 Å². The number of fused-ring (bicyclic) bond motifs is 1. The first-order valence-corrected chi connectivity index (χ1v) is 8.26. The molecule has 2 aromatic rings. The zero-order valence-corrected chi connectivity index (χ0v) is 14.8. The summed E-state index contributed by atoms with van der Waals surface area (Å²) >= 11 is 0. The number of halogens is 1. The Morgan fingerprint density at radius 3 is 2.73 bits per heavy atom. The molecule has 2 N–H and O–H groups in total. The Kier molecular flexibility index (Phi) is 6.32. The molecule has 2 rings (SSSR count). The standard InChI is InChI=1S/C18H21FN2O5/c1-4-7-20-17(23)11(3)21-15(22)9-25-18(24)16-10(2)13-8-12(19)5-6-14(13)26-16/h5-6,8,11H,4,7,9H2,1-3H3,(H,20,23)(H,21,22)/t11-/m0/s1. The number of aryl methyl sites for hydroxylation is 1. The van der Waals surface area contributed by atoms with Gasteiger partial charge in [0.1, 0.15) is 17.4 Å². The number of nitrogens with one attached hydrogen (secondary N) is 2. The fraction of sp³-hybridized carbons (Fsp3) is 0.389. The molecule has 1 heterocycles. The number of benzene rings is 1. The van der Waals surface area contributed by atoms with Crippen LogP contribution in [0.15, 0.2) is 22.6 Å². The van der Waals surface area contributed by atoms with E-state index < -0.39 is 30.3 Å². The summed E-state index contributed by atoms with van der Waals surface area (Å²) in [6.07, 6.45) is 0.783. The molecule has 1 atom stereocenters. The molecule has 1 aromatic carbocycles. The average molecular weight is 364 g/mol. The Morgan fingerprint density at radius 1 is 1.31 bits per heavy atom. The molecular weight excluding hydrogens is 343 g/mol. The first kappa shape index (κ1) is 19.4. The zero-order valence-electron chi connectivity index (χ0n) is 14.8. The first-order valence-electron chi connectivity index (χ1n) is 8.26. The van der Waals surface area contributed by atoms with Gasteiger partial charge in [-0.05, 0) is 38.5 Å². The molecular formula is C18H21FN2O5. The van der Waals surface area contributed by atoms with E-state index in [9.17, 15) is 18.8 Å². The summed E-state index contributed by atoms with van der Waals surface area (Å²) in [7, 11) is 0. The number of esters is 1. The molecule has 2 amide bonds. The number of rotatable bonds is 7. The van der Waals surface area contributed by atoms with Crippen LogP contribution in [0.5, 0.6) is 0 Å². The molecule has 0 aliphatic heterocycles. The number of amides is 2. The third kappa shape index (κ3) is 4.59. The Hall–Kier alpha value is -2.90. The van der Waals surface area contributed by atoms with Crippen molar-refractivity contribution in [2.24, 2.45) is 0 Å². The van der Waals surface area contributed by atoms with Gasteiger partial charge in [0.05, 0.1) is 0 Å². The molecule has 0 radical (unpaired) electrons. The van der Waals surface area contributed by atoms with E-state index in [1.807, 2.05) is 6.92 Å². The van der Waals surface area contributed by atoms with Crippen LogP contribution in [0.1, 0.15) is 36.4 Å². The second-order valence-electron chi connectivity index (χ2n) is 5.85. The van der Waals surface area contributed by atoms with Gasteiger partial charge < -0.3 is 19.8 Å². The Labute approximate surface area is 149 Å². The third-order valence-corrected chi connectivity index (χ3v) is 3.74. The van der Waals surface area contributed by atoms with E-state index in [0.717, 1.165) is 6.42 Å². The van der Waals surface area contributed by atoms with Crippen LogP contribution in [0.3, 0.4) is 0 Å². The summed E-state index contributed by atoms with van der Waals surface area (Å²) in [4.78, 5) is 35.6. The fourth-order valence-electron chi connectivity index (χ4n) is 2.33. The van der Waals surface area contributed by atoms with Gasteiger partial charge in [0.25, 0.3) is 5.91 Å². The van der Waals surface area contributed by atoms with Crippen molar-refractivity contribution >= 4 is 28.8 Å². The number of carbonyl (C=O) groups excluding carboxylic acids is 3. The Balaban J connectivity index is 1.93. The van der Waals surface area contributed by atoms with Crippen LogP contribution in [0, 0.1) is 12.7 Å². The van der Waals surface area contributed by atoms with E-state index in [1.165, 1.54) is 25.1 Å². The molecule has 7 nitrogen and oxygen atoms in total. The predicted octanol–water partition coefficient (Wildman–Crippen LogP) is 2.07. The molecule has 0 bridgehead atoms. The quantitative estimate of drug-likeness (QED) is 0.733. The molecule has 0 saturated carbocycles. The number of ether oxygens (including phenoxy) is 1. The van der Waals surface area contributed by atoms with Crippen molar-refractivity contribution in [1.82, 2.24) is 10.6 Å². The van der Waals surface area contributed by atoms with E-state index in [2.05, 4.69) is 10.6 Å². The molecule has 8 heteroatoms. The molecule has 140 valence electrons. The summed E-state index contributed by atoms with van der Waals surface area (Å²) in [6.45, 7) is 5.00. The molecule has 1 aromatic heterocycles. The topological polar surface area (TPSA) is 97.6 Å². The lowest BCUT2D eigenvalue weighted by molar-refractivity contribution is -0.130. The van der Waals surface area contributed by atoms with Gasteiger partial charge >= 0.3 is 5.97 Å². The molecule has 26 heavy (non-hydrogen) atoms. The van der Waals surface area contributed by atoms with E-state index >= 15 is 0 Å². The molecule has 0 aliphatic carbocycles. The second kappa shape index (κ2) is 8.46. The lowest BCUT2D eigenvalue weighted by atomic mass is 10.1. The van der Waals surface area contributed by atoms with Gasteiger partial charge in [-0.25, -0.2) is 9.18 Å². The highest BCUT2D eigenvalue weighted by atomic mass is 19.1. The summed E-state index contributed by atoms with van der Waals surface area (Å²) in [5.74, 6) is -2.31. The van der Waals surface area contributed by atoms with Crippen LogP contribution in [0.25, 0.3) is 11.0 Å². The van der Waals surface area contributed by atoms with E-state index in [0.29, 0.717) is 23.1 Å². The highest BCUT2D eigenvalue weighted by Gasteiger charge is 2.21. The maximum atomic E-state index is 13.3. The minimum Gasteiger partial charge on any atom is -0.450 e. The van der Waals surface area contributed by atoms with Crippen molar-refractivity contribution in [3.8, 4) is 0 Å². The second-order valence-corrected chi connectivity index (χ2v) is 5.85. The number of furan rings is 1. The van der Waals surface area contributed by atoms with Gasteiger partial charge in [0, 0.05) is 17.5 Å². The zero-order chi connectivity index (χ0) is 19.3. The van der Waals surface area contributed by atoms with Crippen LogP contribution in [0.4, 0.5) is 4.39 Å². The van der Waals surface area contributed by atoms with Gasteiger partial charge in [0.2, 0.25) is 11.7 Å². The van der Waals surface area contributed by atoms with Crippen molar-refractivity contribution < 1.29 is 27.9 Å². The minimum atomic E-state index is -0.836. The molecule has 0 unspecified atom stereocenters. The highest BCUT2D eigenvalue weighted by molar-refractivity contribution is 5.97. The van der Waals surface area contributed by atoms with E-state index in [-0.39, 0.29) is 11.7 Å². The van der Waals surface area contributed by atoms with Gasteiger partial charge in [-0.1, -0.05) is 6.92 Å². The van der Waals surface area contributed by atoms with Crippen molar-refractivity contribution in [2.75, 3.05) is 13.2 Å². The van der Waals surface area contributed by atoms with Gasteiger partial charge in [-0.3, -0.25) is 9.59 Å². The Bertz CT molecular complexity index is 830. The lowest BCUT2D eigenvalue weighted by Gasteiger charge is -2.13. The summed E-state index contributed by atoms with van der Waals surface area (Å²) in [6, 6.07) is 3.15. The van der Waals surface area contributed by atoms with Crippen molar-refractivity contribution in [3.05, 3.63) is 35.3 Å². The van der Waals surface area contributed by atoms with Gasteiger partial charge in [-0.15, -0.1) is 0 Å². The maximum Gasteiger partial charge on any atom is 0.375 e. The minimum absolute atomic E-state index is 0.0906. The van der Waals surface area contributed by atoms with Crippen LogP contribution >= 0.6 is 0 Å². The smallest absolute Gasteiger partial charge is 0.375 e. The summed E-state index contributed by atoms with van der Waals surface area (Å²) in [5, 5.41) is 5.54. The van der Waals surface area contributed by atoms with Crippen LogP contribution < -0.4 is 10.6 Å². The maximum absolute atomic E-state index is 13.3. The highest BCUT2D eigenvalue weighted by Crippen LogP contribution is 2.26. The van der Waals surface area contributed by atoms with E-state index in [1.54, 1.807) is 6.92 Å². The van der Waals surface area contributed by atoms with Crippen molar-refractivity contribution in [3.63, 3.8) is 0 Å². The van der Waals surface area contributed by atoms with Gasteiger partial charge in [-0.2, -0.15) is 0 Å². The number of hydrogen-bond acceptors (Lipinski definition) is 5. The predicted molar refractivity (Wildman–Crippen MR) is 92.1 cm³/mol. The van der Waals surface area contributed by atoms with Gasteiger partial charge in [0.15, 0.2) is 6.61 Å². The molecule has 0 aliphatic rings. The lowest BCUT2D eigenvalue weighted by Crippen LogP contribution is -2.46. The fourth-order valence-corrected chi connectivity index (χ4v) is 2.33. The van der Waals surface area contributed by atoms with E-state index in [4.69, 9.17) is 9.15 Å². The third-order valence-electron chi connectivity index (χ3n) is 3.74. The van der Waals surface area contributed by atoms with Crippen LogP contribution in [0.2, 0.25) is 0 Å². The van der Waals surface area contributed by atoms with Crippen LogP contribution in [-0.2, 0) is 14.3 Å². The number of carbonyl (C=O) groups is 3. The van der Waals surface area contributed by atoms with Crippen LogP contribution in [-0.4, -0.2) is 37.0 Å². The largest absolute Gasteiger partial charge is 0.450 e. The number of hydrogen-bond donors (Lipinski definition) is 2. The Morgan fingerprint density at radius 2 is 2.04 bits per heavy atom. The molecule has 0 saturated heterocycles. The molecule has 0 fully saturated rings. The SMILES string of the molecule is CCCNC(=O)[C@H](C)NC(=O)COC(=O)c1oc2ccc(F)cc2c1C. The molecule has 0 spiro atoms. The van der Waals surface area contributed by atoms with Crippen molar-refractivity contribution in [2.45, 2.75) is 33.2 Å². The normalized spacial score (nSPS) is 11.8. The monoisotopic (exact) mass is 364 g/mol. The average Bonchev–Trinajstić information content (AvgIpc) is 2.94. The first-order chi connectivity index (χ1) is 12.3. The summed E-state index contributed by atoms with van der Waals surface area (Å²) in [5.41, 5.74) is 0.777. The summed E-state index contributed by atoms with van der Waals surface area (Å²) < 4.78 is 23.6.